The summed E-state index contributed by atoms with van der Waals surface area (Å²) in [5.74, 6) is 0.650. The molecule has 27 heavy (non-hydrogen) atoms. The zero-order chi connectivity index (χ0) is 18.6. The first kappa shape index (κ1) is 17.5. The fourth-order valence-electron chi connectivity index (χ4n) is 3.50. The Morgan fingerprint density at radius 2 is 1.74 bits per heavy atom. The quantitative estimate of drug-likeness (QED) is 0.775. The van der Waals surface area contributed by atoms with Crippen LogP contribution in [-0.4, -0.2) is 27.9 Å². The number of aromatic nitrogens is 2. The van der Waals surface area contributed by atoms with E-state index in [4.69, 9.17) is 9.72 Å². The molecule has 0 saturated carbocycles. The highest BCUT2D eigenvalue weighted by Gasteiger charge is 2.20. The van der Waals surface area contributed by atoms with Gasteiger partial charge in [-0.25, -0.2) is 4.98 Å². The number of hydrogen-bond acceptors (Lipinski definition) is 4. The molecule has 0 aliphatic carbocycles. The molecule has 0 saturated heterocycles. The van der Waals surface area contributed by atoms with Crippen LogP contribution in [0.3, 0.4) is 0 Å². The summed E-state index contributed by atoms with van der Waals surface area (Å²) in [7, 11) is 0. The van der Waals surface area contributed by atoms with Crippen LogP contribution >= 0.6 is 0 Å². The van der Waals surface area contributed by atoms with E-state index in [1.807, 2.05) is 24.3 Å². The van der Waals surface area contributed by atoms with Crippen LogP contribution in [0.25, 0.3) is 11.4 Å². The van der Waals surface area contributed by atoms with Crippen LogP contribution in [0.4, 0.5) is 0 Å². The minimum absolute atomic E-state index is 0.0281. The van der Waals surface area contributed by atoms with Crippen molar-refractivity contribution < 1.29 is 9.84 Å². The maximum absolute atomic E-state index is 13.3. The van der Waals surface area contributed by atoms with E-state index >= 15 is 0 Å². The number of phenolic OH excluding ortho intramolecular Hbond substituents is 1. The molecule has 2 heterocycles. The smallest absolute Gasteiger partial charge is 0.257 e. The Hall–Kier alpha value is -2.92. The van der Waals surface area contributed by atoms with Gasteiger partial charge in [0.15, 0.2) is 0 Å². The lowest BCUT2D eigenvalue weighted by Crippen LogP contribution is -2.29. The Balaban J connectivity index is 1.82. The third kappa shape index (κ3) is 3.64. The zero-order valence-electron chi connectivity index (χ0n) is 15.1. The number of hydrogen-bond donors (Lipinski definition) is 1. The zero-order valence-corrected chi connectivity index (χ0v) is 15.1. The van der Waals surface area contributed by atoms with Gasteiger partial charge < -0.3 is 9.84 Å². The summed E-state index contributed by atoms with van der Waals surface area (Å²) in [5, 5.41) is 10.3. The third-order valence-corrected chi connectivity index (χ3v) is 4.94. The standard InChI is InChI=1S/C22H22N2O3/c25-20-9-5-4-8-18(20)21-23-19-12-15-27-14-11-17(19)22(26)24(21)13-10-16-6-2-1-3-7-16/h1-9,25H,10-15H2. The van der Waals surface area contributed by atoms with Crippen molar-refractivity contribution in [2.45, 2.75) is 25.8 Å². The Bertz CT molecular complexity index is 996. The lowest BCUT2D eigenvalue weighted by Gasteiger charge is -2.17. The summed E-state index contributed by atoms with van der Waals surface area (Å²) < 4.78 is 7.23. The number of aromatic hydroxyl groups is 1. The van der Waals surface area contributed by atoms with Crippen molar-refractivity contribution in [3.05, 3.63) is 81.8 Å². The number of rotatable bonds is 4. The number of phenols is 1. The average molecular weight is 362 g/mol. The third-order valence-electron chi connectivity index (χ3n) is 4.94. The van der Waals surface area contributed by atoms with Crippen molar-refractivity contribution >= 4 is 0 Å². The highest BCUT2D eigenvalue weighted by Crippen LogP contribution is 2.27. The van der Waals surface area contributed by atoms with Gasteiger partial charge in [-0.2, -0.15) is 0 Å². The molecule has 1 aliphatic heterocycles. The maximum Gasteiger partial charge on any atom is 0.257 e. The number of aryl methyl sites for hydroxylation is 1. The first-order valence-electron chi connectivity index (χ1n) is 9.26. The van der Waals surface area contributed by atoms with Crippen molar-refractivity contribution in [1.29, 1.82) is 0 Å². The van der Waals surface area contributed by atoms with E-state index < -0.39 is 0 Å². The van der Waals surface area contributed by atoms with E-state index in [1.54, 1.807) is 22.8 Å². The highest BCUT2D eigenvalue weighted by molar-refractivity contribution is 5.64. The molecule has 0 fully saturated rings. The minimum Gasteiger partial charge on any atom is -0.507 e. The fourth-order valence-corrected chi connectivity index (χ4v) is 3.50. The second kappa shape index (κ2) is 7.76. The molecule has 0 radical (unpaired) electrons. The monoisotopic (exact) mass is 362 g/mol. The van der Waals surface area contributed by atoms with Gasteiger partial charge in [0.25, 0.3) is 5.56 Å². The van der Waals surface area contributed by atoms with Gasteiger partial charge in [0.1, 0.15) is 11.6 Å². The van der Waals surface area contributed by atoms with Crippen LogP contribution < -0.4 is 5.56 Å². The van der Waals surface area contributed by atoms with E-state index in [9.17, 15) is 9.90 Å². The second-order valence-electron chi connectivity index (χ2n) is 6.68. The van der Waals surface area contributed by atoms with Gasteiger partial charge in [0, 0.05) is 24.9 Å². The van der Waals surface area contributed by atoms with Crippen LogP contribution in [0.2, 0.25) is 0 Å². The van der Waals surface area contributed by atoms with E-state index in [0.717, 1.165) is 23.2 Å². The Labute approximate surface area is 157 Å². The topological polar surface area (TPSA) is 64.3 Å². The van der Waals surface area contributed by atoms with Crippen LogP contribution in [-0.2, 0) is 30.5 Å². The molecular formula is C22H22N2O3. The van der Waals surface area contributed by atoms with Crippen LogP contribution in [0.5, 0.6) is 5.75 Å². The van der Waals surface area contributed by atoms with E-state index in [0.29, 0.717) is 44.0 Å². The molecular weight excluding hydrogens is 340 g/mol. The van der Waals surface area contributed by atoms with Gasteiger partial charge in [-0.05, 0) is 24.1 Å². The average Bonchev–Trinajstić information content (AvgIpc) is 2.94. The second-order valence-corrected chi connectivity index (χ2v) is 6.68. The van der Waals surface area contributed by atoms with E-state index in [2.05, 4.69) is 12.1 Å². The summed E-state index contributed by atoms with van der Waals surface area (Å²) >= 11 is 0. The number of ether oxygens (including phenoxy) is 1. The van der Waals surface area contributed by atoms with Crippen LogP contribution in [0.1, 0.15) is 16.8 Å². The predicted molar refractivity (Wildman–Crippen MR) is 104 cm³/mol. The molecule has 3 aromatic rings. The van der Waals surface area contributed by atoms with Crippen molar-refractivity contribution in [2.75, 3.05) is 13.2 Å². The molecule has 1 aliphatic rings. The summed E-state index contributed by atoms with van der Waals surface area (Å²) in [6, 6.07) is 17.1. The molecule has 0 atom stereocenters. The SMILES string of the molecule is O=c1c2c(nc(-c3ccccc3O)n1CCc1ccccc1)CCOCC2. The lowest BCUT2D eigenvalue weighted by molar-refractivity contribution is 0.146. The first-order valence-corrected chi connectivity index (χ1v) is 9.26. The Morgan fingerprint density at radius 1 is 1.00 bits per heavy atom. The number of benzene rings is 2. The molecule has 1 aromatic heterocycles. The maximum atomic E-state index is 13.3. The number of para-hydroxylation sites is 1. The van der Waals surface area contributed by atoms with Crippen molar-refractivity contribution in [3.63, 3.8) is 0 Å². The first-order chi connectivity index (χ1) is 13.2. The summed E-state index contributed by atoms with van der Waals surface area (Å²) in [6.07, 6.45) is 1.91. The number of fused-ring (bicyclic) bond motifs is 1. The van der Waals surface area contributed by atoms with Gasteiger partial charge in [0.2, 0.25) is 0 Å². The van der Waals surface area contributed by atoms with Gasteiger partial charge in [-0.3, -0.25) is 9.36 Å². The van der Waals surface area contributed by atoms with Gasteiger partial charge in [0.05, 0.1) is 24.5 Å². The van der Waals surface area contributed by atoms with Crippen molar-refractivity contribution in [3.8, 4) is 17.1 Å². The molecule has 4 rings (SSSR count). The van der Waals surface area contributed by atoms with Gasteiger partial charge in [-0.15, -0.1) is 0 Å². The summed E-state index contributed by atoms with van der Waals surface area (Å²) in [4.78, 5) is 18.1. The molecule has 5 heteroatoms. The highest BCUT2D eigenvalue weighted by atomic mass is 16.5. The predicted octanol–water partition coefficient (Wildman–Crippen LogP) is 2.97. The molecule has 1 N–H and O–H groups in total. The summed E-state index contributed by atoms with van der Waals surface area (Å²) in [6.45, 7) is 1.61. The lowest BCUT2D eigenvalue weighted by atomic mass is 10.1. The molecule has 0 amide bonds. The Morgan fingerprint density at radius 3 is 2.56 bits per heavy atom. The van der Waals surface area contributed by atoms with E-state index in [1.165, 1.54) is 0 Å². The summed E-state index contributed by atoms with van der Waals surface area (Å²) in [5.41, 5.74) is 3.23. The minimum atomic E-state index is -0.0281. The number of nitrogens with zero attached hydrogens (tertiary/aromatic N) is 2. The molecule has 2 aromatic carbocycles. The van der Waals surface area contributed by atoms with Crippen LogP contribution in [0.15, 0.2) is 59.4 Å². The van der Waals surface area contributed by atoms with Crippen molar-refractivity contribution in [2.24, 2.45) is 0 Å². The van der Waals surface area contributed by atoms with Crippen LogP contribution in [0, 0.1) is 0 Å². The molecule has 0 unspecified atom stereocenters. The molecule has 0 spiro atoms. The van der Waals surface area contributed by atoms with Gasteiger partial charge >= 0.3 is 0 Å². The molecule has 138 valence electrons. The van der Waals surface area contributed by atoms with E-state index in [-0.39, 0.29) is 11.3 Å². The largest absolute Gasteiger partial charge is 0.507 e. The Kier molecular flexibility index (Phi) is 5.03. The normalized spacial score (nSPS) is 13.8. The molecule has 5 nitrogen and oxygen atoms in total. The van der Waals surface area contributed by atoms with Gasteiger partial charge in [-0.1, -0.05) is 42.5 Å². The molecule has 0 bridgehead atoms. The fraction of sp³-hybridized carbons (Fsp3) is 0.273. The van der Waals surface area contributed by atoms with Crippen molar-refractivity contribution in [1.82, 2.24) is 9.55 Å².